The maximum Gasteiger partial charge on any atom is 0.407 e. The van der Waals surface area contributed by atoms with Crippen molar-refractivity contribution in [2.75, 3.05) is 61.5 Å². The molecule has 0 radical (unpaired) electrons. The third kappa shape index (κ3) is 3.56. The minimum Gasteiger partial charge on any atom is -0.465 e. The summed E-state index contributed by atoms with van der Waals surface area (Å²) >= 11 is 0. The van der Waals surface area contributed by atoms with Crippen molar-refractivity contribution in [3.8, 4) is 11.3 Å². The van der Waals surface area contributed by atoms with E-state index >= 15 is 0 Å². The molecule has 2 aromatic rings. The van der Waals surface area contributed by atoms with E-state index in [4.69, 9.17) is 20.4 Å². The number of ether oxygens (including phenoxy) is 1. The van der Waals surface area contributed by atoms with E-state index in [1.54, 1.807) is 12.4 Å². The number of halogens is 1. The molecule has 11 nitrogen and oxygen atoms in total. The molecule has 1 amide bonds. The third-order valence-electron chi connectivity index (χ3n) is 5.98. The van der Waals surface area contributed by atoms with Gasteiger partial charge in [0.1, 0.15) is 12.0 Å². The molecule has 164 valence electrons. The highest BCUT2D eigenvalue weighted by Crippen LogP contribution is 2.38. The van der Waals surface area contributed by atoms with Crippen molar-refractivity contribution in [1.29, 1.82) is 0 Å². The quantitative estimate of drug-likeness (QED) is 0.705. The zero-order chi connectivity index (χ0) is 21.5. The molecule has 0 saturated carbocycles. The number of alkyl halides is 1. The van der Waals surface area contributed by atoms with Gasteiger partial charge in [-0.3, -0.25) is 0 Å². The van der Waals surface area contributed by atoms with E-state index in [0.29, 0.717) is 62.3 Å². The van der Waals surface area contributed by atoms with Crippen LogP contribution in [0.4, 0.5) is 26.9 Å². The van der Waals surface area contributed by atoms with Crippen LogP contribution in [-0.2, 0) is 11.2 Å². The number of rotatable bonds is 3. The topological polar surface area (TPSA) is 134 Å². The Kier molecular flexibility index (Phi) is 4.93. The van der Waals surface area contributed by atoms with Crippen LogP contribution in [0.15, 0.2) is 12.4 Å². The standard InChI is InChI=1S/C19H23FN8O3/c20-13-9-27(19(29)30)10-14(13)28-2-1-12-15(11-7-22-17(21)23-8-11)24-18(25-16(12)28)26-3-5-31-6-4-26/h7-8,13-14H,1-6,9-10H2,(H,29,30)(H2,21,22,23)/t13-,14+/m1/s1. The molecule has 2 atom stereocenters. The number of carbonyl (C=O) groups is 1. The molecule has 3 aliphatic rings. The molecule has 0 bridgehead atoms. The maximum atomic E-state index is 14.8. The van der Waals surface area contributed by atoms with Gasteiger partial charge in [0, 0.05) is 49.7 Å². The number of nitrogens with two attached hydrogens (primary N) is 1. The van der Waals surface area contributed by atoms with E-state index in [1.165, 1.54) is 0 Å². The van der Waals surface area contributed by atoms with Gasteiger partial charge in [0.15, 0.2) is 0 Å². The van der Waals surface area contributed by atoms with Gasteiger partial charge in [0.25, 0.3) is 0 Å². The molecule has 0 aromatic carbocycles. The molecule has 31 heavy (non-hydrogen) atoms. The van der Waals surface area contributed by atoms with Gasteiger partial charge in [-0.05, 0) is 6.42 Å². The number of hydrogen-bond donors (Lipinski definition) is 2. The van der Waals surface area contributed by atoms with E-state index < -0.39 is 18.3 Å². The van der Waals surface area contributed by atoms with Crippen molar-refractivity contribution in [2.24, 2.45) is 0 Å². The molecule has 0 spiro atoms. The first-order valence-electron chi connectivity index (χ1n) is 10.2. The summed E-state index contributed by atoms with van der Waals surface area (Å²) in [6.07, 6.45) is 1.47. The van der Waals surface area contributed by atoms with E-state index in [-0.39, 0.29) is 19.0 Å². The Labute approximate surface area is 177 Å². The number of anilines is 3. The Morgan fingerprint density at radius 1 is 1.16 bits per heavy atom. The normalized spacial score (nSPS) is 23.3. The Bertz CT molecular complexity index is 985. The average molecular weight is 430 g/mol. The Hall–Kier alpha value is -3.28. The van der Waals surface area contributed by atoms with Crippen LogP contribution in [0.25, 0.3) is 11.3 Å². The molecule has 0 aliphatic carbocycles. The van der Waals surface area contributed by atoms with Crippen LogP contribution >= 0.6 is 0 Å². The van der Waals surface area contributed by atoms with Gasteiger partial charge >= 0.3 is 6.09 Å². The molecular weight excluding hydrogens is 407 g/mol. The van der Waals surface area contributed by atoms with Gasteiger partial charge in [0.05, 0.1) is 31.5 Å². The number of amides is 1. The summed E-state index contributed by atoms with van der Waals surface area (Å²) < 4.78 is 20.3. The van der Waals surface area contributed by atoms with Crippen LogP contribution in [0.1, 0.15) is 5.56 Å². The predicted octanol–water partition coefficient (Wildman–Crippen LogP) is 0.415. The molecule has 3 N–H and O–H groups in total. The molecule has 3 aliphatic heterocycles. The van der Waals surface area contributed by atoms with E-state index in [9.17, 15) is 14.3 Å². The fourth-order valence-electron chi connectivity index (χ4n) is 4.39. The third-order valence-corrected chi connectivity index (χ3v) is 5.98. The van der Waals surface area contributed by atoms with Crippen molar-refractivity contribution in [3.05, 3.63) is 18.0 Å². The summed E-state index contributed by atoms with van der Waals surface area (Å²) in [7, 11) is 0. The van der Waals surface area contributed by atoms with Crippen LogP contribution in [0.3, 0.4) is 0 Å². The summed E-state index contributed by atoms with van der Waals surface area (Å²) in [5.41, 5.74) is 7.92. The van der Waals surface area contributed by atoms with Crippen LogP contribution in [-0.4, -0.2) is 94.2 Å². The van der Waals surface area contributed by atoms with E-state index in [2.05, 4.69) is 9.97 Å². The van der Waals surface area contributed by atoms with Crippen molar-refractivity contribution in [3.63, 3.8) is 0 Å². The van der Waals surface area contributed by atoms with Crippen molar-refractivity contribution in [1.82, 2.24) is 24.8 Å². The molecule has 2 fully saturated rings. The number of likely N-dealkylation sites (tertiary alicyclic amines) is 1. The molecule has 5 heterocycles. The number of morpholine rings is 1. The number of nitrogen functional groups attached to an aromatic ring is 1. The lowest BCUT2D eigenvalue weighted by Gasteiger charge is -2.30. The second-order valence-electron chi connectivity index (χ2n) is 7.82. The fraction of sp³-hybridized carbons (Fsp3) is 0.526. The highest BCUT2D eigenvalue weighted by Gasteiger charge is 2.42. The van der Waals surface area contributed by atoms with Gasteiger partial charge in [-0.25, -0.2) is 24.1 Å². The lowest BCUT2D eigenvalue weighted by molar-refractivity contribution is 0.122. The highest BCUT2D eigenvalue weighted by atomic mass is 19.1. The fourth-order valence-corrected chi connectivity index (χ4v) is 4.39. The van der Waals surface area contributed by atoms with E-state index in [1.807, 2.05) is 9.80 Å². The first kappa shape index (κ1) is 19.7. The van der Waals surface area contributed by atoms with Crippen molar-refractivity contribution >= 4 is 23.8 Å². The molecule has 2 saturated heterocycles. The largest absolute Gasteiger partial charge is 0.465 e. The monoisotopic (exact) mass is 430 g/mol. The maximum absolute atomic E-state index is 14.8. The van der Waals surface area contributed by atoms with Crippen molar-refractivity contribution < 1.29 is 19.0 Å². The number of carboxylic acid groups (broad SMARTS) is 1. The van der Waals surface area contributed by atoms with Crippen molar-refractivity contribution in [2.45, 2.75) is 18.6 Å². The van der Waals surface area contributed by atoms with Crippen LogP contribution in [0.2, 0.25) is 0 Å². The van der Waals surface area contributed by atoms with Gasteiger partial charge in [-0.15, -0.1) is 0 Å². The number of hydrogen-bond acceptors (Lipinski definition) is 9. The zero-order valence-corrected chi connectivity index (χ0v) is 16.8. The lowest BCUT2D eigenvalue weighted by Crippen LogP contribution is -2.42. The van der Waals surface area contributed by atoms with Crippen LogP contribution in [0, 0.1) is 0 Å². The lowest BCUT2D eigenvalue weighted by atomic mass is 10.1. The van der Waals surface area contributed by atoms with Gasteiger partial charge < -0.3 is 30.3 Å². The first-order valence-corrected chi connectivity index (χ1v) is 10.2. The first-order chi connectivity index (χ1) is 15.0. The summed E-state index contributed by atoms with van der Waals surface area (Å²) in [6, 6.07) is -0.583. The van der Waals surface area contributed by atoms with Crippen LogP contribution in [0.5, 0.6) is 0 Å². The second kappa shape index (κ2) is 7.76. The minimum atomic E-state index is -1.29. The molecule has 5 rings (SSSR count). The number of nitrogens with zero attached hydrogens (tertiary/aromatic N) is 7. The molecular formula is C19H23FN8O3. The Morgan fingerprint density at radius 2 is 1.90 bits per heavy atom. The summed E-state index contributed by atoms with van der Waals surface area (Å²) in [6.45, 7) is 2.97. The van der Waals surface area contributed by atoms with E-state index in [0.717, 1.165) is 10.5 Å². The predicted molar refractivity (Wildman–Crippen MR) is 110 cm³/mol. The number of fused-ring (bicyclic) bond motifs is 1. The average Bonchev–Trinajstić information content (AvgIpc) is 3.37. The smallest absolute Gasteiger partial charge is 0.407 e. The second-order valence-corrected chi connectivity index (χ2v) is 7.82. The summed E-state index contributed by atoms with van der Waals surface area (Å²) in [5.74, 6) is 1.34. The Morgan fingerprint density at radius 3 is 2.58 bits per heavy atom. The molecule has 2 aromatic heterocycles. The minimum absolute atomic E-state index is 0.104. The summed E-state index contributed by atoms with van der Waals surface area (Å²) in [4.78, 5) is 34.2. The highest BCUT2D eigenvalue weighted by molar-refractivity contribution is 5.73. The Balaban J connectivity index is 1.56. The molecule has 0 unspecified atom stereocenters. The SMILES string of the molecule is Nc1ncc(-c2nc(N3CCOCC3)nc3c2CCN3[C@H]2CN(C(=O)O)C[C@H]2F)cn1. The van der Waals surface area contributed by atoms with Crippen LogP contribution < -0.4 is 15.5 Å². The summed E-state index contributed by atoms with van der Waals surface area (Å²) in [5, 5.41) is 9.29. The zero-order valence-electron chi connectivity index (χ0n) is 16.8. The van der Waals surface area contributed by atoms with Gasteiger partial charge in [-0.1, -0.05) is 0 Å². The number of aromatic nitrogens is 4. The molecule has 12 heteroatoms. The van der Waals surface area contributed by atoms with Gasteiger partial charge in [-0.2, -0.15) is 4.98 Å². The van der Waals surface area contributed by atoms with Gasteiger partial charge in [0.2, 0.25) is 11.9 Å².